The van der Waals surface area contributed by atoms with Gasteiger partial charge < -0.3 is 14.5 Å². The first-order valence-electron chi connectivity index (χ1n) is 13.7. The Morgan fingerprint density at radius 3 is 2.41 bits per heavy atom. The molecule has 3 heterocycles. The molecule has 0 saturated carbocycles. The molecule has 2 aliphatic rings. The standard InChI is InChI=1S/C32H35N5O2/c1-39-30-9-5-8-26(20-30)23-37-31(38)36(29-12-10-27(11-13-29)28-21-33-34-22-28)24-32(37)15-18-35(19-16-32)17-14-25-6-3-2-4-7-25/h2-13,20-22H,14-19,23-24H2,1H3,(H,33,34). The number of nitrogens with one attached hydrogen (secondary N) is 1. The van der Waals surface area contributed by atoms with Gasteiger partial charge in [-0.2, -0.15) is 5.10 Å². The SMILES string of the molecule is COc1cccc(CN2C(=O)N(c3ccc(-c4cn[nH]c4)cc3)CC23CCN(CCc2ccccc2)CC3)c1. The van der Waals surface area contributed by atoms with Crippen molar-refractivity contribution in [3.63, 3.8) is 0 Å². The zero-order valence-electron chi connectivity index (χ0n) is 22.4. The predicted molar refractivity (Wildman–Crippen MR) is 154 cm³/mol. The van der Waals surface area contributed by atoms with Crippen LogP contribution >= 0.6 is 0 Å². The van der Waals surface area contributed by atoms with Crippen LogP contribution < -0.4 is 9.64 Å². The maximum Gasteiger partial charge on any atom is 0.325 e. The second-order valence-electron chi connectivity index (χ2n) is 10.6. The lowest BCUT2D eigenvalue weighted by atomic mass is 9.86. The quantitative estimate of drug-likeness (QED) is 0.328. The fourth-order valence-electron chi connectivity index (χ4n) is 5.98. The van der Waals surface area contributed by atoms with Crippen molar-refractivity contribution in [1.29, 1.82) is 0 Å². The van der Waals surface area contributed by atoms with Crippen LogP contribution in [-0.2, 0) is 13.0 Å². The highest BCUT2D eigenvalue weighted by Crippen LogP contribution is 2.40. The van der Waals surface area contributed by atoms with Gasteiger partial charge in [0.25, 0.3) is 0 Å². The van der Waals surface area contributed by atoms with Crippen LogP contribution in [-0.4, -0.2) is 64.9 Å². The molecule has 0 bridgehead atoms. The largest absolute Gasteiger partial charge is 0.497 e. The molecule has 6 rings (SSSR count). The number of likely N-dealkylation sites (tertiary alicyclic amines) is 1. The van der Waals surface area contributed by atoms with Crippen molar-refractivity contribution in [1.82, 2.24) is 20.0 Å². The summed E-state index contributed by atoms with van der Waals surface area (Å²) in [5.74, 6) is 0.815. The Hall–Kier alpha value is -4.10. The summed E-state index contributed by atoms with van der Waals surface area (Å²) in [6.45, 7) is 4.30. The van der Waals surface area contributed by atoms with E-state index in [0.717, 1.165) is 67.0 Å². The number of benzene rings is 3. The van der Waals surface area contributed by atoms with E-state index in [1.165, 1.54) is 5.56 Å². The maximum absolute atomic E-state index is 14.0. The van der Waals surface area contributed by atoms with E-state index in [4.69, 9.17) is 4.74 Å². The Labute approximate surface area is 230 Å². The Bertz CT molecular complexity index is 1380. The van der Waals surface area contributed by atoms with E-state index in [2.05, 4.69) is 80.7 Å². The van der Waals surface area contributed by atoms with E-state index in [1.807, 2.05) is 35.5 Å². The fourth-order valence-corrected chi connectivity index (χ4v) is 5.98. The molecule has 0 unspecified atom stereocenters. The molecule has 0 radical (unpaired) electrons. The summed E-state index contributed by atoms with van der Waals surface area (Å²) >= 11 is 0. The second kappa shape index (κ2) is 10.9. The van der Waals surface area contributed by atoms with E-state index in [1.54, 1.807) is 7.11 Å². The van der Waals surface area contributed by atoms with Crippen molar-refractivity contribution in [2.24, 2.45) is 0 Å². The zero-order valence-corrected chi connectivity index (χ0v) is 22.4. The Balaban J connectivity index is 1.22. The molecular formula is C32H35N5O2. The summed E-state index contributed by atoms with van der Waals surface area (Å²) in [5, 5.41) is 6.93. The summed E-state index contributed by atoms with van der Waals surface area (Å²) < 4.78 is 5.47. The number of methoxy groups -OCH3 is 1. The Morgan fingerprint density at radius 2 is 1.69 bits per heavy atom. The van der Waals surface area contributed by atoms with Gasteiger partial charge in [-0.05, 0) is 60.2 Å². The molecule has 39 heavy (non-hydrogen) atoms. The molecule has 0 atom stereocenters. The number of carbonyl (C=O) groups excluding carboxylic acids is 1. The lowest BCUT2D eigenvalue weighted by Crippen LogP contribution is -2.54. The third-order valence-corrected chi connectivity index (χ3v) is 8.32. The van der Waals surface area contributed by atoms with Crippen molar-refractivity contribution in [2.45, 2.75) is 31.3 Å². The van der Waals surface area contributed by atoms with Crippen molar-refractivity contribution in [3.8, 4) is 16.9 Å². The van der Waals surface area contributed by atoms with Crippen LogP contribution in [0.25, 0.3) is 11.1 Å². The number of nitrogens with zero attached hydrogens (tertiary/aromatic N) is 4. The number of aromatic amines is 1. The van der Waals surface area contributed by atoms with E-state index >= 15 is 0 Å². The van der Waals surface area contributed by atoms with Crippen molar-refractivity contribution in [2.75, 3.05) is 38.2 Å². The minimum atomic E-state index is -0.202. The van der Waals surface area contributed by atoms with Gasteiger partial charge in [0.15, 0.2) is 0 Å². The molecule has 3 aromatic carbocycles. The smallest absolute Gasteiger partial charge is 0.325 e. The Morgan fingerprint density at radius 1 is 0.923 bits per heavy atom. The van der Waals surface area contributed by atoms with Gasteiger partial charge in [-0.25, -0.2) is 4.79 Å². The van der Waals surface area contributed by atoms with Gasteiger partial charge in [0.1, 0.15) is 5.75 Å². The van der Waals surface area contributed by atoms with E-state index in [-0.39, 0.29) is 11.6 Å². The average molecular weight is 522 g/mol. The van der Waals surface area contributed by atoms with Crippen LogP contribution in [0, 0.1) is 0 Å². The Kier molecular flexibility index (Phi) is 7.07. The van der Waals surface area contributed by atoms with Crippen LogP contribution in [0.5, 0.6) is 5.75 Å². The minimum absolute atomic E-state index is 0.0756. The molecule has 2 fully saturated rings. The number of hydrogen-bond acceptors (Lipinski definition) is 4. The van der Waals surface area contributed by atoms with E-state index in [9.17, 15) is 4.79 Å². The van der Waals surface area contributed by atoms with E-state index < -0.39 is 0 Å². The molecule has 0 aliphatic carbocycles. The number of urea groups is 1. The number of amides is 2. The highest BCUT2D eigenvalue weighted by molar-refractivity contribution is 5.95. The molecule has 200 valence electrons. The van der Waals surface area contributed by atoms with Gasteiger partial charge in [0.2, 0.25) is 0 Å². The van der Waals surface area contributed by atoms with Crippen LogP contribution in [0.1, 0.15) is 24.0 Å². The summed E-state index contributed by atoms with van der Waals surface area (Å²) in [5.41, 5.74) is 5.31. The third-order valence-electron chi connectivity index (χ3n) is 8.32. The number of aromatic nitrogens is 2. The molecule has 4 aromatic rings. The molecule has 2 saturated heterocycles. The fraction of sp³-hybridized carbons (Fsp3) is 0.312. The third kappa shape index (κ3) is 5.27. The zero-order chi connectivity index (χ0) is 26.7. The summed E-state index contributed by atoms with van der Waals surface area (Å²) in [4.78, 5) is 20.7. The molecule has 1 N–H and O–H groups in total. The lowest BCUT2D eigenvalue weighted by molar-refractivity contribution is 0.0725. The van der Waals surface area contributed by atoms with Gasteiger partial charge in [-0.3, -0.25) is 10.00 Å². The van der Waals surface area contributed by atoms with Crippen molar-refractivity contribution < 1.29 is 9.53 Å². The molecule has 7 nitrogen and oxygen atoms in total. The minimum Gasteiger partial charge on any atom is -0.497 e. The van der Waals surface area contributed by atoms with E-state index in [0.29, 0.717) is 13.1 Å². The van der Waals surface area contributed by atoms with Crippen molar-refractivity contribution >= 4 is 11.7 Å². The maximum atomic E-state index is 14.0. The number of rotatable bonds is 8. The first-order valence-corrected chi connectivity index (χ1v) is 13.7. The predicted octanol–water partition coefficient (Wildman–Crippen LogP) is 5.60. The topological polar surface area (TPSA) is 64.7 Å². The second-order valence-corrected chi connectivity index (χ2v) is 10.6. The molecule has 2 amide bonds. The number of anilines is 1. The van der Waals surface area contributed by atoms with Crippen molar-refractivity contribution in [3.05, 3.63) is 102 Å². The number of piperidine rings is 1. The molecule has 1 aromatic heterocycles. The molecule has 1 spiro atoms. The molecule has 2 aliphatic heterocycles. The van der Waals surface area contributed by atoms with Crippen LogP contribution in [0.4, 0.5) is 10.5 Å². The number of hydrogen-bond donors (Lipinski definition) is 1. The van der Waals surface area contributed by atoms with Gasteiger partial charge in [-0.15, -0.1) is 0 Å². The summed E-state index contributed by atoms with van der Waals surface area (Å²) in [7, 11) is 1.68. The normalized spacial score (nSPS) is 17.2. The van der Waals surface area contributed by atoms with Crippen LogP contribution in [0.2, 0.25) is 0 Å². The first-order chi connectivity index (χ1) is 19.1. The highest BCUT2D eigenvalue weighted by Gasteiger charge is 2.51. The number of ether oxygens (including phenoxy) is 1. The number of carbonyl (C=O) groups is 1. The van der Waals surface area contributed by atoms with Gasteiger partial charge in [0.05, 0.1) is 25.4 Å². The molecular weight excluding hydrogens is 486 g/mol. The van der Waals surface area contributed by atoms with Gasteiger partial charge >= 0.3 is 6.03 Å². The number of H-pyrrole nitrogens is 1. The summed E-state index contributed by atoms with van der Waals surface area (Å²) in [6.07, 6.45) is 6.66. The lowest BCUT2D eigenvalue weighted by Gasteiger charge is -2.44. The van der Waals surface area contributed by atoms with Crippen LogP contribution in [0.15, 0.2) is 91.3 Å². The van der Waals surface area contributed by atoms with Crippen LogP contribution in [0.3, 0.4) is 0 Å². The average Bonchev–Trinajstić information content (AvgIpc) is 3.62. The van der Waals surface area contributed by atoms with Gasteiger partial charge in [-0.1, -0.05) is 54.6 Å². The summed E-state index contributed by atoms with van der Waals surface area (Å²) in [6, 6.07) is 27.1. The molecule has 7 heteroatoms. The highest BCUT2D eigenvalue weighted by atomic mass is 16.5. The van der Waals surface area contributed by atoms with Gasteiger partial charge in [0, 0.05) is 43.6 Å². The first kappa shape index (κ1) is 25.2. The monoisotopic (exact) mass is 521 g/mol.